The molecule has 0 aromatic heterocycles. The predicted octanol–water partition coefficient (Wildman–Crippen LogP) is 1.53. The van der Waals surface area contributed by atoms with E-state index in [-0.39, 0.29) is 23.7 Å². The molecule has 1 heterocycles. The number of hydrogen-bond donors (Lipinski definition) is 1. The van der Waals surface area contributed by atoms with Crippen molar-refractivity contribution in [3.63, 3.8) is 0 Å². The average Bonchev–Trinajstić information content (AvgIpc) is 2.99. The fraction of sp³-hybridized carbons (Fsp3) is 0.818. The van der Waals surface area contributed by atoms with Gasteiger partial charge in [0.2, 0.25) is 0 Å². The minimum absolute atomic E-state index is 0.105. The van der Waals surface area contributed by atoms with Crippen LogP contribution in [0.25, 0.3) is 0 Å². The molecule has 0 amide bonds. The Balaban J connectivity index is 1.72. The molecule has 5 unspecified atom stereocenters. The largest absolute Gasteiger partial charge is 0.455 e. The van der Waals surface area contributed by atoms with Crippen LogP contribution >= 0.6 is 12.0 Å². The van der Waals surface area contributed by atoms with Crippen LogP contribution in [0, 0.1) is 17.8 Å². The standard InChI is InChI=1S/C11H12F2O7S/c1-10-6-3-4(2-5(6)8(14)18-10)7(10)17-9(15)11(12,13)21-20-19-16/h4-7,16H,2-3H2,1H3. The van der Waals surface area contributed by atoms with Crippen molar-refractivity contribution in [1.82, 2.24) is 0 Å². The second kappa shape index (κ2) is 4.77. The Morgan fingerprint density at radius 1 is 1.52 bits per heavy atom. The Labute approximate surface area is 121 Å². The van der Waals surface area contributed by atoms with E-state index < -0.39 is 35.0 Å². The summed E-state index contributed by atoms with van der Waals surface area (Å²) in [5, 5.41) is 6.83. The molecule has 5 atom stereocenters. The van der Waals surface area contributed by atoms with E-state index in [1.165, 1.54) is 0 Å². The fourth-order valence-electron chi connectivity index (χ4n) is 3.81. The van der Waals surface area contributed by atoms with Gasteiger partial charge in [0.05, 0.1) is 5.92 Å². The van der Waals surface area contributed by atoms with Gasteiger partial charge in [0.1, 0.15) is 23.7 Å². The highest BCUT2D eigenvalue weighted by Crippen LogP contribution is 2.61. The third kappa shape index (κ3) is 2.12. The van der Waals surface area contributed by atoms with Crippen LogP contribution < -0.4 is 0 Å². The van der Waals surface area contributed by atoms with Crippen LogP contribution in [0.5, 0.6) is 0 Å². The Morgan fingerprint density at radius 2 is 2.24 bits per heavy atom. The lowest BCUT2D eigenvalue weighted by molar-refractivity contribution is -0.433. The van der Waals surface area contributed by atoms with Gasteiger partial charge in [-0.15, -0.1) is 4.33 Å². The van der Waals surface area contributed by atoms with Crippen LogP contribution in [0.4, 0.5) is 8.78 Å². The fourth-order valence-corrected chi connectivity index (χ4v) is 4.04. The van der Waals surface area contributed by atoms with E-state index >= 15 is 0 Å². The van der Waals surface area contributed by atoms with Crippen LogP contribution in [0.1, 0.15) is 19.8 Å². The van der Waals surface area contributed by atoms with Gasteiger partial charge in [-0.2, -0.15) is 8.78 Å². The number of rotatable bonds is 5. The molecule has 2 aliphatic carbocycles. The number of halogens is 2. The molecule has 3 fully saturated rings. The zero-order valence-corrected chi connectivity index (χ0v) is 11.6. The third-order valence-electron chi connectivity index (χ3n) is 4.59. The number of ether oxygens (including phenoxy) is 2. The number of hydrogen-bond acceptors (Lipinski definition) is 8. The molecule has 7 nitrogen and oxygen atoms in total. The van der Waals surface area contributed by atoms with Crippen molar-refractivity contribution in [2.75, 3.05) is 0 Å². The Bertz CT molecular complexity index is 487. The zero-order valence-electron chi connectivity index (χ0n) is 10.8. The second-order valence-electron chi connectivity index (χ2n) is 5.62. The van der Waals surface area contributed by atoms with Crippen molar-refractivity contribution in [3.05, 3.63) is 0 Å². The van der Waals surface area contributed by atoms with Gasteiger partial charge in [-0.3, -0.25) is 4.79 Å². The molecular weight excluding hydrogens is 314 g/mol. The van der Waals surface area contributed by atoms with E-state index in [9.17, 15) is 18.4 Å². The van der Waals surface area contributed by atoms with Crippen LogP contribution in [0.15, 0.2) is 0 Å². The third-order valence-corrected chi connectivity index (χ3v) is 5.10. The van der Waals surface area contributed by atoms with Crippen molar-refractivity contribution >= 4 is 24.0 Å². The minimum atomic E-state index is -4.05. The quantitative estimate of drug-likeness (QED) is 0.352. The first kappa shape index (κ1) is 14.9. The molecule has 3 aliphatic rings. The van der Waals surface area contributed by atoms with E-state index in [0.29, 0.717) is 12.8 Å². The molecular formula is C11H12F2O7S. The molecule has 1 aliphatic heterocycles. The summed E-state index contributed by atoms with van der Waals surface area (Å²) in [5.41, 5.74) is -1.05. The van der Waals surface area contributed by atoms with Crippen molar-refractivity contribution < 1.29 is 42.5 Å². The summed E-state index contributed by atoms with van der Waals surface area (Å²) < 4.78 is 40.6. The van der Waals surface area contributed by atoms with E-state index in [0.717, 1.165) is 0 Å². The molecule has 118 valence electrons. The summed E-state index contributed by atoms with van der Waals surface area (Å²) in [4.78, 5) is 23.2. The van der Waals surface area contributed by atoms with Gasteiger partial charge in [0.15, 0.2) is 0 Å². The van der Waals surface area contributed by atoms with E-state index in [2.05, 4.69) is 9.37 Å². The van der Waals surface area contributed by atoms with Crippen LogP contribution in [0.3, 0.4) is 0 Å². The summed E-state index contributed by atoms with van der Waals surface area (Å²) >= 11 is -0.679. The van der Waals surface area contributed by atoms with Gasteiger partial charge >= 0.3 is 17.2 Å². The minimum Gasteiger partial charge on any atom is -0.455 e. The molecule has 0 aromatic rings. The van der Waals surface area contributed by atoms with Gasteiger partial charge in [-0.25, -0.2) is 10.1 Å². The lowest BCUT2D eigenvalue weighted by atomic mass is 9.79. The van der Waals surface area contributed by atoms with E-state index in [1.54, 1.807) is 6.92 Å². The van der Waals surface area contributed by atoms with Crippen molar-refractivity contribution in [2.45, 2.75) is 36.7 Å². The molecule has 0 aromatic carbocycles. The van der Waals surface area contributed by atoms with Crippen LogP contribution in [-0.4, -0.2) is 34.2 Å². The summed E-state index contributed by atoms with van der Waals surface area (Å²) in [6.45, 7) is 1.60. The maximum atomic E-state index is 13.4. The van der Waals surface area contributed by atoms with Crippen LogP contribution in [-0.2, 0) is 28.4 Å². The molecule has 2 bridgehead atoms. The van der Waals surface area contributed by atoms with Gasteiger partial charge in [0.25, 0.3) is 0 Å². The summed E-state index contributed by atoms with van der Waals surface area (Å²) in [6, 6.07) is 0. The smallest absolute Gasteiger partial charge is 0.415 e. The van der Waals surface area contributed by atoms with Gasteiger partial charge in [-0.05, 0) is 19.8 Å². The average molecular weight is 326 g/mol. The van der Waals surface area contributed by atoms with E-state index in [1.807, 2.05) is 0 Å². The zero-order chi connectivity index (χ0) is 15.4. The SMILES string of the molecule is CC12OC(=O)C3CC(CC31)C2OC(=O)C(F)(F)SOOO. The molecule has 0 spiro atoms. The topological polar surface area (TPSA) is 91.3 Å². The van der Waals surface area contributed by atoms with Gasteiger partial charge in [-0.1, -0.05) is 5.04 Å². The monoisotopic (exact) mass is 326 g/mol. The van der Waals surface area contributed by atoms with Crippen molar-refractivity contribution in [1.29, 1.82) is 0 Å². The molecule has 3 rings (SSSR count). The molecule has 1 N–H and O–H groups in total. The number of fused-ring (bicyclic) bond motifs is 1. The summed E-state index contributed by atoms with van der Waals surface area (Å²) in [6.07, 6.45) is 0.186. The Hall–Kier alpha value is -0.970. The van der Waals surface area contributed by atoms with Gasteiger partial charge in [0, 0.05) is 11.8 Å². The number of carbonyl (C=O) groups is 2. The number of carbonyl (C=O) groups excluding carboxylic acids is 2. The summed E-state index contributed by atoms with van der Waals surface area (Å²) in [5.74, 6) is -2.69. The first-order valence-electron chi connectivity index (χ1n) is 6.27. The predicted molar refractivity (Wildman–Crippen MR) is 61.4 cm³/mol. The number of alkyl halides is 2. The normalized spacial score (nSPS) is 40.5. The second-order valence-corrected chi connectivity index (χ2v) is 6.43. The maximum absolute atomic E-state index is 13.4. The lowest BCUT2D eigenvalue weighted by Gasteiger charge is -2.34. The molecule has 2 saturated carbocycles. The highest BCUT2D eigenvalue weighted by molar-refractivity contribution is 7.96. The van der Waals surface area contributed by atoms with Gasteiger partial charge < -0.3 is 9.47 Å². The summed E-state index contributed by atoms with van der Waals surface area (Å²) in [7, 11) is 0. The molecule has 1 saturated heterocycles. The first-order chi connectivity index (χ1) is 9.79. The molecule has 21 heavy (non-hydrogen) atoms. The highest BCUT2D eigenvalue weighted by Gasteiger charge is 2.70. The maximum Gasteiger partial charge on any atom is 0.415 e. The Morgan fingerprint density at radius 3 is 2.90 bits per heavy atom. The van der Waals surface area contributed by atoms with Crippen molar-refractivity contribution in [2.24, 2.45) is 17.8 Å². The number of esters is 2. The Kier molecular flexibility index (Phi) is 3.39. The van der Waals surface area contributed by atoms with Crippen molar-refractivity contribution in [3.8, 4) is 0 Å². The highest BCUT2D eigenvalue weighted by atomic mass is 32.2. The van der Waals surface area contributed by atoms with Crippen LogP contribution in [0.2, 0.25) is 0 Å². The lowest BCUT2D eigenvalue weighted by Crippen LogP contribution is -2.48. The first-order valence-corrected chi connectivity index (χ1v) is 7.01. The van der Waals surface area contributed by atoms with E-state index in [4.69, 9.17) is 14.7 Å². The molecule has 10 heteroatoms. The molecule has 0 radical (unpaired) electrons.